The van der Waals surface area contributed by atoms with E-state index in [9.17, 15) is 18.0 Å². The third-order valence-corrected chi connectivity index (χ3v) is 4.57. The molecule has 0 saturated carbocycles. The Morgan fingerprint density at radius 2 is 1.85 bits per heavy atom. The maximum atomic E-state index is 12.5. The number of carbonyl (C=O) groups is 1. The summed E-state index contributed by atoms with van der Waals surface area (Å²) in [6.07, 6.45) is -3.73. The smallest absolute Gasteiger partial charge is 0.321 e. The summed E-state index contributed by atoms with van der Waals surface area (Å²) in [6.45, 7) is 4.52. The number of alkyl halides is 3. The summed E-state index contributed by atoms with van der Waals surface area (Å²) < 4.78 is 37.5. The van der Waals surface area contributed by atoms with Gasteiger partial charge in [0.2, 0.25) is 0 Å². The van der Waals surface area contributed by atoms with E-state index in [4.69, 9.17) is 0 Å². The minimum Gasteiger partial charge on any atom is -0.321 e. The third kappa shape index (κ3) is 3.95. The molecule has 3 rings (SSSR count). The van der Waals surface area contributed by atoms with E-state index >= 15 is 0 Å². The molecule has 1 aliphatic rings. The third-order valence-electron chi connectivity index (χ3n) is 4.57. The van der Waals surface area contributed by atoms with Crippen molar-refractivity contribution in [2.24, 2.45) is 0 Å². The fraction of sp³-hybridized carbons (Fsp3) is 0.389. The van der Waals surface area contributed by atoms with Crippen LogP contribution in [-0.2, 0) is 6.18 Å². The van der Waals surface area contributed by atoms with E-state index in [1.165, 1.54) is 11.1 Å². The quantitative estimate of drug-likeness (QED) is 0.868. The highest BCUT2D eigenvalue weighted by Gasteiger charge is 2.34. The second kappa shape index (κ2) is 6.93. The van der Waals surface area contributed by atoms with Gasteiger partial charge in [0.05, 0.1) is 0 Å². The van der Waals surface area contributed by atoms with Gasteiger partial charge in [-0.05, 0) is 38.0 Å². The number of aromatic nitrogens is 2. The van der Waals surface area contributed by atoms with Crippen molar-refractivity contribution in [3.63, 3.8) is 0 Å². The number of likely N-dealkylation sites (tertiary alicyclic amines) is 1. The number of aryl methyl sites for hydroxylation is 1. The summed E-state index contributed by atoms with van der Waals surface area (Å²) in [6, 6.07) is 9.74. The first-order chi connectivity index (χ1) is 12.2. The van der Waals surface area contributed by atoms with Crippen LogP contribution in [0.4, 0.5) is 23.8 Å². The Morgan fingerprint density at radius 3 is 2.42 bits per heavy atom. The Bertz CT molecular complexity index is 775. The number of hydrogen-bond acceptors (Lipinski definition) is 3. The molecule has 2 amide bonds. The number of nitrogens with zero attached hydrogens (tertiary/aromatic N) is 3. The molecular weight excluding hydrogens is 345 g/mol. The number of rotatable bonds is 2. The number of nitrogens with one attached hydrogen (secondary N) is 1. The van der Waals surface area contributed by atoms with Crippen molar-refractivity contribution >= 4 is 11.8 Å². The van der Waals surface area contributed by atoms with Gasteiger partial charge in [0.1, 0.15) is 0 Å². The molecule has 138 valence electrons. The standard InChI is InChI=1S/C18H19F3N4O/c1-11-3-5-13(6-4-11)14-9-12(2)25(10-14)17(26)22-16-8-7-15(23-24-16)18(19,20)21/h3-8,12,14H,9-10H2,1-2H3,(H,22,24,26). The molecule has 2 unspecified atom stereocenters. The van der Waals surface area contributed by atoms with Gasteiger partial charge in [-0.3, -0.25) is 5.32 Å². The monoisotopic (exact) mass is 364 g/mol. The van der Waals surface area contributed by atoms with E-state index in [1.54, 1.807) is 4.90 Å². The van der Waals surface area contributed by atoms with Gasteiger partial charge in [-0.25, -0.2) is 4.79 Å². The van der Waals surface area contributed by atoms with Crippen molar-refractivity contribution < 1.29 is 18.0 Å². The zero-order valence-corrected chi connectivity index (χ0v) is 14.4. The average Bonchev–Trinajstić information content (AvgIpc) is 2.97. The molecule has 1 aliphatic heterocycles. The van der Waals surface area contributed by atoms with Crippen LogP contribution in [0.2, 0.25) is 0 Å². The molecule has 2 aromatic rings. The Labute approximate surface area is 149 Å². The van der Waals surface area contributed by atoms with Crippen LogP contribution >= 0.6 is 0 Å². The molecule has 1 saturated heterocycles. The highest BCUT2D eigenvalue weighted by atomic mass is 19.4. The maximum Gasteiger partial charge on any atom is 0.435 e. The van der Waals surface area contributed by atoms with E-state index < -0.39 is 11.9 Å². The van der Waals surface area contributed by atoms with Crippen molar-refractivity contribution in [1.29, 1.82) is 0 Å². The fourth-order valence-electron chi connectivity index (χ4n) is 3.13. The molecule has 0 radical (unpaired) electrons. The van der Waals surface area contributed by atoms with E-state index in [1.807, 2.05) is 26.0 Å². The largest absolute Gasteiger partial charge is 0.435 e. The second-order valence-electron chi connectivity index (χ2n) is 6.58. The van der Waals surface area contributed by atoms with E-state index in [2.05, 4.69) is 27.6 Å². The number of halogens is 3. The molecule has 1 aromatic heterocycles. The normalized spacial score (nSPS) is 20.3. The number of carbonyl (C=O) groups excluding carboxylic acids is 1. The fourth-order valence-corrected chi connectivity index (χ4v) is 3.13. The molecule has 1 N–H and O–H groups in total. The first-order valence-electron chi connectivity index (χ1n) is 8.29. The topological polar surface area (TPSA) is 58.1 Å². The van der Waals surface area contributed by atoms with E-state index in [-0.39, 0.29) is 23.8 Å². The van der Waals surface area contributed by atoms with Crippen LogP contribution in [0.1, 0.15) is 36.1 Å². The van der Waals surface area contributed by atoms with Crippen molar-refractivity contribution in [3.05, 3.63) is 53.2 Å². The molecule has 26 heavy (non-hydrogen) atoms. The Balaban J connectivity index is 1.65. The Kier molecular flexibility index (Phi) is 4.84. The van der Waals surface area contributed by atoms with E-state index in [0.717, 1.165) is 18.6 Å². The van der Waals surface area contributed by atoms with Gasteiger partial charge in [0.25, 0.3) is 0 Å². The van der Waals surface area contributed by atoms with Crippen molar-refractivity contribution in [1.82, 2.24) is 15.1 Å². The lowest BCUT2D eigenvalue weighted by Crippen LogP contribution is -2.37. The zero-order chi connectivity index (χ0) is 18.9. The molecule has 5 nitrogen and oxygen atoms in total. The van der Waals surface area contributed by atoms with Crippen LogP contribution in [0.15, 0.2) is 36.4 Å². The summed E-state index contributed by atoms with van der Waals surface area (Å²) in [4.78, 5) is 14.1. The van der Waals surface area contributed by atoms with Gasteiger partial charge >= 0.3 is 12.2 Å². The number of amides is 2. The predicted molar refractivity (Wildman–Crippen MR) is 90.8 cm³/mol. The SMILES string of the molecule is Cc1ccc(C2CC(C)N(C(=O)Nc3ccc(C(F)(F)F)nn3)C2)cc1. The van der Waals surface area contributed by atoms with Crippen LogP contribution in [0.3, 0.4) is 0 Å². The lowest BCUT2D eigenvalue weighted by molar-refractivity contribution is -0.141. The Hall–Kier alpha value is -2.64. The molecule has 2 atom stereocenters. The zero-order valence-electron chi connectivity index (χ0n) is 14.4. The highest BCUT2D eigenvalue weighted by Crippen LogP contribution is 2.32. The minimum absolute atomic E-state index is 0.00557. The van der Waals surface area contributed by atoms with Gasteiger partial charge in [-0.2, -0.15) is 13.2 Å². The van der Waals surface area contributed by atoms with Crippen molar-refractivity contribution in [2.45, 2.75) is 38.4 Å². The Morgan fingerprint density at radius 1 is 1.15 bits per heavy atom. The van der Waals surface area contributed by atoms with Crippen molar-refractivity contribution in [3.8, 4) is 0 Å². The van der Waals surface area contributed by atoms with Gasteiger partial charge in [0, 0.05) is 18.5 Å². The molecule has 2 heterocycles. The first-order valence-corrected chi connectivity index (χ1v) is 8.29. The summed E-state index contributed by atoms with van der Waals surface area (Å²) in [5.74, 6) is 0.226. The van der Waals surface area contributed by atoms with Gasteiger partial charge in [-0.15, -0.1) is 10.2 Å². The van der Waals surface area contributed by atoms with Crippen LogP contribution in [0, 0.1) is 6.92 Å². The number of anilines is 1. The molecule has 8 heteroatoms. The number of benzene rings is 1. The van der Waals surface area contributed by atoms with Crippen LogP contribution in [0.25, 0.3) is 0 Å². The highest BCUT2D eigenvalue weighted by molar-refractivity contribution is 5.88. The van der Waals surface area contributed by atoms with Crippen molar-refractivity contribution in [2.75, 3.05) is 11.9 Å². The number of hydrogen-bond donors (Lipinski definition) is 1. The molecule has 0 aliphatic carbocycles. The number of urea groups is 1. The summed E-state index contributed by atoms with van der Waals surface area (Å²) in [5.41, 5.74) is 1.26. The molecule has 0 bridgehead atoms. The minimum atomic E-state index is -4.56. The summed E-state index contributed by atoms with van der Waals surface area (Å²) in [7, 11) is 0. The van der Waals surface area contributed by atoms with Crippen LogP contribution < -0.4 is 5.32 Å². The summed E-state index contributed by atoms with van der Waals surface area (Å²) >= 11 is 0. The molecular formula is C18H19F3N4O. The van der Waals surface area contributed by atoms with Gasteiger partial charge in [0.15, 0.2) is 11.5 Å². The van der Waals surface area contributed by atoms with E-state index in [0.29, 0.717) is 6.54 Å². The van der Waals surface area contributed by atoms with Gasteiger partial charge in [-0.1, -0.05) is 29.8 Å². The first kappa shape index (κ1) is 18.2. The van der Waals surface area contributed by atoms with Gasteiger partial charge < -0.3 is 4.90 Å². The second-order valence-corrected chi connectivity index (χ2v) is 6.58. The lowest BCUT2D eigenvalue weighted by Gasteiger charge is -2.21. The lowest BCUT2D eigenvalue weighted by atomic mass is 9.96. The molecule has 1 aromatic carbocycles. The summed E-state index contributed by atoms with van der Waals surface area (Å²) in [5, 5.41) is 9.07. The average molecular weight is 364 g/mol. The van der Waals surface area contributed by atoms with Crippen LogP contribution in [0.5, 0.6) is 0 Å². The molecule has 0 spiro atoms. The van der Waals surface area contributed by atoms with Crippen LogP contribution in [-0.4, -0.2) is 33.7 Å². The molecule has 1 fully saturated rings. The maximum absolute atomic E-state index is 12.5. The predicted octanol–water partition coefficient (Wildman–Crippen LogP) is 4.21.